The predicted molar refractivity (Wildman–Crippen MR) is 95.5 cm³/mol. The molecule has 3 heterocycles. The number of amides is 1. The van der Waals surface area contributed by atoms with Crippen LogP contribution in [0.1, 0.15) is 21.0 Å². The molecule has 5 nitrogen and oxygen atoms in total. The van der Waals surface area contributed by atoms with Gasteiger partial charge in [-0.2, -0.15) is 0 Å². The molecule has 2 aromatic heterocycles. The summed E-state index contributed by atoms with van der Waals surface area (Å²) in [5, 5.41) is 3.15. The van der Waals surface area contributed by atoms with Gasteiger partial charge in [0.15, 0.2) is 9.84 Å². The zero-order valence-corrected chi connectivity index (χ0v) is 15.2. The molecule has 0 aliphatic carbocycles. The second-order valence-electron chi connectivity index (χ2n) is 5.63. The number of carbonyl (C=O) groups excluding carboxylic acids is 1. The Balaban J connectivity index is 1.68. The first kappa shape index (κ1) is 16.4. The minimum Gasteiger partial charge on any atom is -0.467 e. The molecule has 0 spiro atoms. The van der Waals surface area contributed by atoms with E-state index < -0.39 is 9.84 Å². The number of thiophene rings is 1. The molecule has 0 atom stereocenters. The van der Waals surface area contributed by atoms with Crippen molar-refractivity contribution in [2.75, 3.05) is 0 Å². The summed E-state index contributed by atoms with van der Waals surface area (Å²) < 4.78 is 30.1. The molecule has 0 unspecified atom stereocenters. The average molecular weight is 394 g/mol. The first-order chi connectivity index (χ1) is 11.9. The van der Waals surface area contributed by atoms with Crippen molar-refractivity contribution in [3.8, 4) is 10.4 Å². The van der Waals surface area contributed by atoms with Crippen molar-refractivity contribution < 1.29 is 17.6 Å². The summed E-state index contributed by atoms with van der Waals surface area (Å²) in [7, 11) is -3.46. The zero-order chi connectivity index (χ0) is 17.6. The topological polar surface area (TPSA) is 76.4 Å². The molecule has 0 bridgehead atoms. The third-order valence-electron chi connectivity index (χ3n) is 3.90. The molecular weight excluding hydrogens is 382 g/mol. The maximum Gasteiger partial charge on any atom is 0.261 e. The number of benzene rings is 1. The fraction of sp³-hybridized carbons (Fsp3) is 0.118. The van der Waals surface area contributed by atoms with Crippen LogP contribution in [0.2, 0.25) is 5.02 Å². The van der Waals surface area contributed by atoms with Gasteiger partial charge in [-0.1, -0.05) is 17.7 Å². The first-order valence-electron chi connectivity index (χ1n) is 7.40. The smallest absolute Gasteiger partial charge is 0.261 e. The van der Waals surface area contributed by atoms with Gasteiger partial charge in [-0.25, -0.2) is 8.42 Å². The lowest BCUT2D eigenvalue weighted by molar-refractivity contribution is 0.0952. The van der Waals surface area contributed by atoms with Gasteiger partial charge in [0.05, 0.1) is 28.3 Å². The molecule has 0 saturated heterocycles. The van der Waals surface area contributed by atoms with E-state index in [-0.39, 0.29) is 23.1 Å². The van der Waals surface area contributed by atoms with Crippen LogP contribution in [0.25, 0.3) is 10.4 Å². The monoisotopic (exact) mass is 393 g/mol. The minimum atomic E-state index is -3.46. The molecule has 0 radical (unpaired) electrons. The molecule has 3 aromatic rings. The van der Waals surface area contributed by atoms with E-state index in [4.69, 9.17) is 16.0 Å². The Morgan fingerprint density at radius 2 is 2.12 bits per heavy atom. The average Bonchev–Trinajstić information content (AvgIpc) is 3.21. The van der Waals surface area contributed by atoms with E-state index in [1.54, 1.807) is 30.3 Å². The summed E-state index contributed by atoms with van der Waals surface area (Å²) >= 11 is 7.22. The lowest BCUT2D eigenvalue weighted by Gasteiger charge is -2.16. The van der Waals surface area contributed by atoms with E-state index in [9.17, 15) is 13.2 Å². The molecule has 1 N–H and O–H groups in total. The first-order valence-corrected chi connectivity index (χ1v) is 10.2. The van der Waals surface area contributed by atoms with Crippen LogP contribution in [0, 0.1) is 0 Å². The highest BCUT2D eigenvalue weighted by Gasteiger charge is 2.31. The third-order valence-corrected chi connectivity index (χ3v) is 7.05. The third kappa shape index (κ3) is 2.99. The van der Waals surface area contributed by atoms with Gasteiger partial charge in [-0.15, -0.1) is 11.3 Å². The molecule has 8 heteroatoms. The van der Waals surface area contributed by atoms with Crippen molar-refractivity contribution in [1.29, 1.82) is 0 Å². The molecule has 4 rings (SSSR count). The molecular formula is C17H12ClNO4S2. The molecule has 1 amide bonds. The van der Waals surface area contributed by atoms with Gasteiger partial charge in [0.25, 0.3) is 5.91 Å². The number of nitrogens with one attached hydrogen (secondary N) is 1. The summed E-state index contributed by atoms with van der Waals surface area (Å²) in [6.07, 6.45) is 1.54. The summed E-state index contributed by atoms with van der Waals surface area (Å²) in [5.41, 5.74) is 1.24. The largest absolute Gasteiger partial charge is 0.467 e. The maximum atomic E-state index is 12.5. The summed E-state index contributed by atoms with van der Waals surface area (Å²) in [5.74, 6) is 0.262. The standard InChI is InChI=1S/C17H12ClNO4S2/c18-11-3-4-13-15(7-11)25(21,22)9-10-6-14(24-16(10)13)17(20)19-8-12-2-1-5-23-12/h1-7H,8-9H2,(H,19,20). The Morgan fingerprint density at radius 3 is 2.88 bits per heavy atom. The highest BCUT2D eigenvalue weighted by molar-refractivity contribution is 7.91. The number of hydrogen-bond donors (Lipinski definition) is 1. The summed E-state index contributed by atoms with van der Waals surface area (Å²) in [4.78, 5) is 13.9. The van der Waals surface area contributed by atoms with Crippen molar-refractivity contribution in [3.05, 3.63) is 63.9 Å². The molecule has 1 aromatic carbocycles. The van der Waals surface area contributed by atoms with Crippen LogP contribution in [0.5, 0.6) is 0 Å². The van der Waals surface area contributed by atoms with Crippen molar-refractivity contribution in [1.82, 2.24) is 5.32 Å². The second-order valence-corrected chi connectivity index (χ2v) is 9.07. The lowest BCUT2D eigenvalue weighted by Crippen LogP contribution is -2.21. The van der Waals surface area contributed by atoms with E-state index in [2.05, 4.69) is 5.32 Å². The van der Waals surface area contributed by atoms with Crippen LogP contribution < -0.4 is 5.32 Å². The van der Waals surface area contributed by atoms with Gasteiger partial charge in [-0.3, -0.25) is 4.79 Å². The second kappa shape index (κ2) is 6.01. The van der Waals surface area contributed by atoms with Crippen LogP contribution >= 0.6 is 22.9 Å². The van der Waals surface area contributed by atoms with Gasteiger partial charge in [0.2, 0.25) is 0 Å². The van der Waals surface area contributed by atoms with Gasteiger partial charge < -0.3 is 9.73 Å². The van der Waals surface area contributed by atoms with Crippen LogP contribution in [-0.4, -0.2) is 14.3 Å². The number of carbonyl (C=O) groups is 1. The number of furan rings is 1. The Hall–Kier alpha value is -2.09. The Morgan fingerprint density at radius 1 is 1.28 bits per heavy atom. The normalized spacial score (nSPS) is 14.6. The Labute approximate surface area is 153 Å². The number of rotatable bonds is 3. The van der Waals surface area contributed by atoms with Crippen molar-refractivity contribution >= 4 is 38.7 Å². The van der Waals surface area contributed by atoms with Crippen LogP contribution in [0.4, 0.5) is 0 Å². The van der Waals surface area contributed by atoms with E-state index in [0.29, 0.717) is 26.8 Å². The van der Waals surface area contributed by atoms with Crippen LogP contribution in [0.3, 0.4) is 0 Å². The highest BCUT2D eigenvalue weighted by Crippen LogP contribution is 2.43. The van der Waals surface area contributed by atoms with Crippen molar-refractivity contribution in [3.63, 3.8) is 0 Å². The lowest BCUT2D eigenvalue weighted by atomic mass is 10.1. The Kier molecular flexibility index (Phi) is 3.94. The highest BCUT2D eigenvalue weighted by atomic mass is 35.5. The molecule has 128 valence electrons. The van der Waals surface area contributed by atoms with Crippen LogP contribution in [0.15, 0.2) is 52.0 Å². The molecule has 25 heavy (non-hydrogen) atoms. The SMILES string of the molecule is O=C(NCc1ccco1)c1cc2c(s1)-c1ccc(Cl)cc1S(=O)(=O)C2. The number of hydrogen-bond acceptors (Lipinski definition) is 5. The van der Waals surface area contributed by atoms with E-state index in [1.165, 1.54) is 23.7 Å². The summed E-state index contributed by atoms with van der Waals surface area (Å²) in [6.45, 7) is 0.277. The fourth-order valence-corrected chi connectivity index (χ4v) is 5.90. The minimum absolute atomic E-state index is 0.127. The summed E-state index contributed by atoms with van der Waals surface area (Å²) in [6, 6.07) is 9.97. The van der Waals surface area contributed by atoms with E-state index >= 15 is 0 Å². The van der Waals surface area contributed by atoms with Crippen LogP contribution in [-0.2, 0) is 22.1 Å². The maximum absolute atomic E-state index is 12.5. The van der Waals surface area contributed by atoms with Gasteiger partial charge in [-0.05, 0) is 35.9 Å². The Bertz CT molecular complexity index is 1070. The van der Waals surface area contributed by atoms with E-state index in [1.807, 2.05) is 0 Å². The van der Waals surface area contributed by atoms with E-state index in [0.717, 1.165) is 4.88 Å². The van der Waals surface area contributed by atoms with Gasteiger partial charge in [0.1, 0.15) is 5.76 Å². The molecule has 0 fully saturated rings. The predicted octanol–water partition coefficient (Wildman–Crippen LogP) is 3.88. The van der Waals surface area contributed by atoms with Crippen molar-refractivity contribution in [2.45, 2.75) is 17.2 Å². The van der Waals surface area contributed by atoms with Gasteiger partial charge >= 0.3 is 0 Å². The molecule has 0 saturated carbocycles. The molecule has 1 aliphatic rings. The van der Waals surface area contributed by atoms with Crippen molar-refractivity contribution in [2.24, 2.45) is 0 Å². The number of halogens is 1. The zero-order valence-electron chi connectivity index (χ0n) is 12.8. The molecule has 1 aliphatic heterocycles. The number of fused-ring (bicyclic) bond motifs is 3. The number of sulfone groups is 1. The quantitative estimate of drug-likeness (QED) is 0.732. The fourth-order valence-electron chi connectivity index (χ4n) is 2.77. The van der Waals surface area contributed by atoms with Gasteiger partial charge in [0, 0.05) is 15.5 Å².